The topological polar surface area (TPSA) is 65.1 Å². The third kappa shape index (κ3) is 4.15. The lowest BCUT2D eigenvalue weighted by Crippen LogP contribution is -2.40. The molecular weight excluding hydrogens is 298 g/mol. The molecule has 0 spiro atoms. The van der Waals surface area contributed by atoms with Gasteiger partial charge in [-0.05, 0) is 31.5 Å². The number of ether oxygens (including phenoxy) is 3. The summed E-state index contributed by atoms with van der Waals surface area (Å²) >= 11 is 0. The molecular formula is C17H23NO5. The normalized spacial score (nSPS) is 13.5. The number of unbranched alkanes of at least 4 members (excludes halogenated alkanes) is 2. The molecule has 126 valence electrons. The molecule has 0 aromatic heterocycles. The molecule has 1 aliphatic rings. The Hall–Kier alpha value is -2.24. The average molecular weight is 321 g/mol. The van der Waals surface area contributed by atoms with Gasteiger partial charge in [-0.15, -0.1) is 0 Å². The SMILES string of the molecule is CCCCCOC(=O)N(C)C(C)C(=O)c1ccc2c(c1)OCO2. The van der Waals surface area contributed by atoms with Crippen molar-refractivity contribution in [3.05, 3.63) is 23.8 Å². The lowest BCUT2D eigenvalue weighted by molar-refractivity contribution is 0.0758. The molecule has 0 saturated heterocycles. The third-order valence-electron chi connectivity index (χ3n) is 3.88. The van der Waals surface area contributed by atoms with Crippen LogP contribution in [0.15, 0.2) is 18.2 Å². The van der Waals surface area contributed by atoms with E-state index >= 15 is 0 Å². The van der Waals surface area contributed by atoms with Crippen LogP contribution in [-0.4, -0.2) is 43.3 Å². The fraction of sp³-hybridized carbons (Fsp3) is 0.529. The minimum atomic E-state index is -0.617. The van der Waals surface area contributed by atoms with Gasteiger partial charge in [-0.2, -0.15) is 0 Å². The molecule has 1 aliphatic heterocycles. The Labute approximate surface area is 136 Å². The Kier molecular flexibility index (Phi) is 5.84. The third-order valence-corrected chi connectivity index (χ3v) is 3.88. The summed E-state index contributed by atoms with van der Waals surface area (Å²) in [5, 5.41) is 0. The highest BCUT2D eigenvalue weighted by Gasteiger charge is 2.26. The van der Waals surface area contributed by atoms with Gasteiger partial charge in [0, 0.05) is 12.6 Å². The maximum atomic E-state index is 12.5. The summed E-state index contributed by atoms with van der Waals surface area (Å²) in [6, 6.07) is 4.40. The molecule has 23 heavy (non-hydrogen) atoms. The average Bonchev–Trinajstić information content (AvgIpc) is 3.04. The number of ketones is 1. The second-order valence-corrected chi connectivity index (χ2v) is 5.54. The minimum Gasteiger partial charge on any atom is -0.454 e. The zero-order valence-electron chi connectivity index (χ0n) is 13.8. The van der Waals surface area contributed by atoms with Crippen molar-refractivity contribution in [1.82, 2.24) is 4.90 Å². The van der Waals surface area contributed by atoms with E-state index in [0.717, 1.165) is 19.3 Å². The van der Waals surface area contributed by atoms with Gasteiger partial charge in [0.05, 0.1) is 12.6 Å². The Morgan fingerprint density at radius 1 is 1.26 bits per heavy atom. The number of carbonyl (C=O) groups excluding carboxylic acids is 2. The first-order valence-electron chi connectivity index (χ1n) is 7.88. The molecule has 1 unspecified atom stereocenters. The number of carbonyl (C=O) groups is 2. The first-order valence-corrected chi connectivity index (χ1v) is 7.88. The van der Waals surface area contributed by atoms with Crippen LogP contribution in [0.3, 0.4) is 0 Å². The lowest BCUT2D eigenvalue weighted by Gasteiger charge is -2.23. The van der Waals surface area contributed by atoms with Gasteiger partial charge in [0.1, 0.15) is 0 Å². The summed E-state index contributed by atoms with van der Waals surface area (Å²) in [5.74, 6) is 1.00. The zero-order valence-corrected chi connectivity index (χ0v) is 13.8. The summed E-state index contributed by atoms with van der Waals surface area (Å²) in [7, 11) is 1.57. The van der Waals surface area contributed by atoms with Crippen molar-refractivity contribution in [3.8, 4) is 11.5 Å². The van der Waals surface area contributed by atoms with E-state index in [1.807, 2.05) is 0 Å². The minimum absolute atomic E-state index is 0.159. The molecule has 1 atom stereocenters. The first-order chi connectivity index (χ1) is 11.0. The van der Waals surface area contributed by atoms with Crippen LogP contribution < -0.4 is 9.47 Å². The number of nitrogens with zero attached hydrogens (tertiary/aromatic N) is 1. The van der Waals surface area contributed by atoms with Gasteiger partial charge in [0.2, 0.25) is 6.79 Å². The summed E-state index contributed by atoms with van der Waals surface area (Å²) in [4.78, 5) is 25.8. The fourth-order valence-corrected chi connectivity index (χ4v) is 2.24. The Morgan fingerprint density at radius 2 is 2.00 bits per heavy atom. The van der Waals surface area contributed by atoms with Crippen LogP contribution in [0, 0.1) is 0 Å². The highest BCUT2D eigenvalue weighted by molar-refractivity contribution is 6.01. The quantitative estimate of drug-likeness (QED) is 0.570. The van der Waals surface area contributed by atoms with Crippen LogP contribution in [0.1, 0.15) is 43.5 Å². The first kappa shape index (κ1) is 17.1. The molecule has 6 nitrogen and oxygen atoms in total. The highest BCUT2D eigenvalue weighted by Crippen LogP contribution is 2.32. The fourth-order valence-electron chi connectivity index (χ4n) is 2.24. The van der Waals surface area contributed by atoms with Crippen LogP contribution in [0.2, 0.25) is 0 Å². The van der Waals surface area contributed by atoms with Gasteiger partial charge in [0.25, 0.3) is 0 Å². The van der Waals surface area contributed by atoms with E-state index in [4.69, 9.17) is 14.2 Å². The molecule has 1 aromatic rings. The Morgan fingerprint density at radius 3 is 2.74 bits per heavy atom. The number of hydrogen-bond acceptors (Lipinski definition) is 5. The van der Waals surface area contributed by atoms with Gasteiger partial charge >= 0.3 is 6.09 Å². The number of amides is 1. The van der Waals surface area contributed by atoms with Gasteiger partial charge in [0.15, 0.2) is 17.3 Å². The van der Waals surface area contributed by atoms with Crippen LogP contribution in [0.5, 0.6) is 11.5 Å². The van der Waals surface area contributed by atoms with Crippen molar-refractivity contribution in [3.63, 3.8) is 0 Å². The Balaban J connectivity index is 1.94. The predicted octanol–water partition coefficient (Wildman–Crippen LogP) is 3.25. The molecule has 0 N–H and O–H groups in total. The molecule has 2 rings (SSSR count). The smallest absolute Gasteiger partial charge is 0.410 e. The van der Waals surface area contributed by atoms with Gasteiger partial charge in [-0.3, -0.25) is 4.79 Å². The summed E-state index contributed by atoms with van der Waals surface area (Å²) < 4.78 is 15.7. The summed E-state index contributed by atoms with van der Waals surface area (Å²) in [6.45, 7) is 4.30. The lowest BCUT2D eigenvalue weighted by atomic mass is 10.0. The van der Waals surface area contributed by atoms with Crippen LogP contribution in [0.25, 0.3) is 0 Å². The monoisotopic (exact) mass is 321 g/mol. The van der Waals surface area contributed by atoms with Crippen molar-refractivity contribution in [2.24, 2.45) is 0 Å². The van der Waals surface area contributed by atoms with Crippen LogP contribution >= 0.6 is 0 Å². The molecule has 6 heteroatoms. The number of likely N-dealkylation sites (N-methyl/N-ethyl adjacent to an activating group) is 1. The van der Waals surface area contributed by atoms with E-state index < -0.39 is 12.1 Å². The van der Waals surface area contributed by atoms with Gasteiger partial charge in [-0.25, -0.2) is 4.79 Å². The Bertz CT molecular complexity index is 572. The zero-order chi connectivity index (χ0) is 16.8. The number of hydrogen-bond donors (Lipinski definition) is 0. The number of rotatable bonds is 7. The van der Waals surface area contributed by atoms with E-state index in [1.54, 1.807) is 32.2 Å². The van der Waals surface area contributed by atoms with E-state index in [-0.39, 0.29) is 12.6 Å². The van der Waals surface area contributed by atoms with E-state index in [2.05, 4.69) is 6.92 Å². The maximum Gasteiger partial charge on any atom is 0.410 e. The van der Waals surface area contributed by atoms with Crippen LogP contribution in [-0.2, 0) is 4.74 Å². The van der Waals surface area contributed by atoms with Crippen molar-refractivity contribution >= 4 is 11.9 Å². The standard InChI is InChI=1S/C17H23NO5/c1-4-5-6-9-21-17(20)18(3)12(2)16(19)13-7-8-14-15(10-13)23-11-22-14/h7-8,10,12H,4-6,9,11H2,1-3H3. The number of benzene rings is 1. The van der Waals surface area contributed by atoms with Crippen molar-refractivity contribution in [1.29, 1.82) is 0 Å². The molecule has 0 aliphatic carbocycles. The number of fused-ring (bicyclic) bond motifs is 1. The van der Waals surface area contributed by atoms with E-state index in [9.17, 15) is 9.59 Å². The number of Topliss-reactive ketones (excluding diaryl/α,β-unsaturated/α-hetero) is 1. The predicted molar refractivity (Wildman–Crippen MR) is 85.0 cm³/mol. The highest BCUT2D eigenvalue weighted by atomic mass is 16.7. The van der Waals surface area contributed by atoms with Crippen molar-refractivity contribution < 1.29 is 23.8 Å². The van der Waals surface area contributed by atoms with Gasteiger partial charge < -0.3 is 19.1 Å². The second kappa shape index (κ2) is 7.85. The van der Waals surface area contributed by atoms with E-state index in [0.29, 0.717) is 23.7 Å². The van der Waals surface area contributed by atoms with Crippen molar-refractivity contribution in [2.45, 2.75) is 39.2 Å². The van der Waals surface area contributed by atoms with Crippen molar-refractivity contribution in [2.75, 3.05) is 20.4 Å². The van der Waals surface area contributed by atoms with Crippen LogP contribution in [0.4, 0.5) is 4.79 Å². The largest absolute Gasteiger partial charge is 0.454 e. The molecule has 0 radical (unpaired) electrons. The molecule has 1 heterocycles. The van der Waals surface area contributed by atoms with E-state index in [1.165, 1.54) is 4.90 Å². The molecule has 0 bridgehead atoms. The van der Waals surface area contributed by atoms with Gasteiger partial charge in [-0.1, -0.05) is 19.8 Å². The summed E-state index contributed by atoms with van der Waals surface area (Å²) in [5.41, 5.74) is 0.479. The molecule has 1 aromatic carbocycles. The molecule has 1 amide bonds. The molecule has 0 fully saturated rings. The maximum absolute atomic E-state index is 12.5. The summed E-state index contributed by atoms with van der Waals surface area (Å²) in [6.07, 6.45) is 2.43. The second-order valence-electron chi connectivity index (χ2n) is 5.54. The molecule has 0 saturated carbocycles.